The molecule has 0 radical (unpaired) electrons. The van der Waals surface area contributed by atoms with Crippen LogP contribution < -0.4 is 5.32 Å². The number of imidazole rings is 1. The number of rotatable bonds is 4. The molecule has 3 heteroatoms. The zero-order valence-electron chi connectivity index (χ0n) is 14.2. The highest BCUT2D eigenvalue weighted by Gasteiger charge is 2.43. The summed E-state index contributed by atoms with van der Waals surface area (Å²) in [6.07, 6.45) is 8.88. The predicted octanol–water partition coefficient (Wildman–Crippen LogP) is 3.80. The summed E-state index contributed by atoms with van der Waals surface area (Å²) in [5.41, 5.74) is 3.32. The van der Waals surface area contributed by atoms with Gasteiger partial charge in [0.05, 0.1) is 11.7 Å². The molecule has 118 valence electrons. The van der Waals surface area contributed by atoms with Gasteiger partial charge < -0.3 is 9.88 Å². The van der Waals surface area contributed by atoms with Gasteiger partial charge in [0.25, 0.3) is 0 Å². The molecule has 2 aliphatic rings. The first-order chi connectivity index (χ1) is 10.0. The second kappa shape index (κ2) is 5.75. The zero-order chi connectivity index (χ0) is 15.0. The third-order valence-electron chi connectivity index (χ3n) is 5.60. The van der Waals surface area contributed by atoms with Gasteiger partial charge in [-0.3, -0.25) is 0 Å². The average Bonchev–Trinajstić information content (AvgIpc) is 2.92. The molecule has 2 aliphatic carbocycles. The topological polar surface area (TPSA) is 29.9 Å². The molecule has 1 aromatic heterocycles. The SMILES string of the molecule is CCCNC1C(n2c(C)nc3c2CCCC3)CCC1(C)C. The molecule has 2 atom stereocenters. The molecule has 0 aliphatic heterocycles. The Morgan fingerprint density at radius 2 is 2.05 bits per heavy atom. The van der Waals surface area contributed by atoms with E-state index >= 15 is 0 Å². The van der Waals surface area contributed by atoms with Crippen LogP contribution in [0.1, 0.15) is 76.1 Å². The van der Waals surface area contributed by atoms with Crippen molar-refractivity contribution >= 4 is 0 Å². The van der Waals surface area contributed by atoms with Crippen molar-refractivity contribution in [1.29, 1.82) is 0 Å². The smallest absolute Gasteiger partial charge is 0.106 e. The van der Waals surface area contributed by atoms with E-state index in [0.717, 1.165) is 6.54 Å². The second-order valence-electron chi connectivity index (χ2n) is 7.66. The van der Waals surface area contributed by atoms with E-state index in [1.807, 2.05) is 0 Å². The lowest BCUT2D eigenvalue weighted by Gasteiger charge is -2.34. The van der Waals surface area contributed by atoms with Gasteiger partial charge >= 0.3 is 0 Å². The number of hydrogen-bond acceptors (Lipinski definition) is 2. The van der Waals surface area contributed by atoms with Gasteiger partial charge in [-0.2, -0.15) is 0 Å². The Morgan fingerprint density at radius 1 is 1.29 bits per heavy atom. The summed E-state index contributed by atoms with van der Waals surface area (Å²) in [6, 6.07) is 1.18. The number of nitrogens with zero attached hydrogens (tertiary/aromatic N) is 2. The third-order valence-corrected chi connectivity index (χ3v) is 5.60. The van der Waals surface area contributed by atoms with E-state index < -0.39 is 0 Å². The largest absolute Gasteiger partial charge is 0.327 e. The van der Waals surface area contributed by atoms with Crippen LogP contribution in [0.3, 0.4) is 0 Å². The molecule has 2 unspecified atom stereocenters. The Labute approximate surface area is 129 Å². The standard InChI is InChI=1S/C18H31N3/c1-5-12-19-17-16(10-11-18(17,3)4)21-13(2)20-14-8-6-7-9-15(14)21/h16-17,19H,5-12H2,1-4H3. The van der Waals surface area contributed by atoms with Crippen LogP contribution in [0.2, 0.25) is 0 Å². The molecular weight excluding hydrogens is 258 g/mol. The van der Waals surface area contributed by atoms with Crippen LogP contribution in [-0.4, -0.2) is 22.1 Å². The van der Waals surface area contributed by atoms with Crippen LogP contribution in [0.25, 0.3) is 0 Å². The maximum Gasteiger partial charge on any atom is 0.106 e. The summed E-state index contributed by atoms with van der Waals surface area (Å²) in [7, 11) is 0. The van der Waals surface area contributed by atoms with Crippen molar-refractivity contribution in [2.45, 2.75) is 84.7 Å². The predicted molar refractivity (Wildman–Crippen MR) is 87.7 cm³/mol. The van der Waals surface area contributed by atoms with Crippen LogP contribution in [0.4, 0.5) is 0 Å². The Kier molecular flexibility index (Phi) is 4.13. The van der Waals surface area contributed by atoms with Gasteiger partial charge in [0.1, 0.15) is 5.82 Å². The summed E-state index contributed by atoms with van der Waals surface area (Å²) < 4.78 is 2.61. The van der Waals surface area contributed by atoms with Gasteiger partial charge in [-0.15, -0.1) is 0 Å². The Morgan fingerprint density at radius 3 is 2.81 bits per heavy atom. The van der Waals surface area contributed by atoms with Crippen molar-refractivity contribution in [2.24, 2.45) is 5.41 Å². The van der Waals surface area contributed by atoms with Crippen molar-refractivity contribution in [3.05, 3.63) is 17.2 Å². The number of aryl methyl sites for hydroxylation is 2. The summed E-state index contributed by atoms with van der Waals surface area (Å²) >= 11 is 0. The first kappa shape index (κ1) is 15.1. The Balaban J connectivity index is 1.93. The first-order valence-electron chi connectivity index (χ1n) is 8.84. The van der Waals surface area contributed by atoms with E-state index in [0.29, 0.717) is 17.5 Å². The fraction of sp³-hybridized carbons (Fsp3) is 0.833. The normalized spacial score (nSPS) is 27.8. The molecule has 0 bridgehead atoms. The molecule has 0 spiro atoms. The van der Waals surface area contributed by atoms with E-state index in [2.05, 4.69) is 37.6 Å². The van der Waals surface area contributed by atoms with Crippen molar-refractivity contribution in [2.75, 3.05) is 6.54 Å². The minimum absolute atomic E-state index is 0.387. The van der Waals surface area contributed by atoms with Crippen LogP contribution >= 0.6 is 0 Å². The van der Waals surface area contributed by atoms with Crippen molar-refractivity contribution in [1.82, 2.24) is 14.9 Å². The van der Waals surface area contributed by atoms with E-state index in [9.17, 15) is 0 Å². The maximum absolute atomic E-state index is 4.89. The van der Waals surface area contributed by atoms with E-state index in [4.69, 9.17) is 4.98 Å². The number of hydrogen-bond donors (Lipinski definition) is 1. The highest BCUT2D eigenvalue weighted by Crippen LogP contribution is 2.45. The van der Waals surface area contributed by atoms with Crippen LogP contribution in [0.15, 0.2) is 0 Å². The molecule has 0 amide bonds. The molecular formula is C18H31N3. The number of aromatic nitrogens is 2. The fourth-order valence-electron chi connectivity index (χ4n) is 4.49. The van der Waals surface area contributed by atoms with Crippen molar-refractivity contribution in [3.8, 4) is 0 Å². The third kappa shape index (κ3) is 2.65. The molecule has 0 saturated heterocycles. The second-order valence-corrected chi connectivity index (χ2v) is 7.66. The number of nitrogens with one attached hydrogen (secondary N) is 1. The molecule has 1 heterocycles. The summed E-state index contributed by atoms with van der Waals surface area (Å²) in [5, 5.41) is 3.85. The van der Waals surface area contributed by atoms with Gasteiger partial charge in [0, 0.05) is 11.7 Å². The molecule has 1 saturated carbocycles. The van der Waals surface area contributed by atoms with Crippen LogP contribution in [0.5, 0.6) is 0 Å². The molecule has 1 fully saturated rings. The van der Waals surface area contributed by atoms with Gasteiger partial charge in [-0.1, -0.05) is 20.8 Å². The quantitative estimate of drug-likeness (QED) is 0.913. The molecule has 3 rings (SSSR count). The van der Waals surface area contributed by atoms with Crippen LogP contribution in [-0.2, 0) is 12.8 Å². The monoisotopic (exact) mass is 289 g/mol. The van der Waals surface area contributed by atoms with E-state index in [-0.39, 0.29) is 0 Å². The van der Waals surface area contributed by atoms with E-state index in [1.54, 1.807) is 5.69 Å². The van der Waals surface area contributed by atoms with Crippen LogP contribution in [0, 0.1) is 12.3 Å². The molecule has 21 heavy (non-hydrogen) atoms. The zero-order valence-corrected chi connectivity index (χ0v) is 14.2. The summed E-state index contributed by atoms with van der Waals surface area (Å²) in [6.45, 7) is 10.5. The first-order valence-corrected chi connectivity index (χ1v) is 8.84. The lowest BCUT2D eigenvalue weighted by atomic mass is 9.86. The van der Waals surface area contributed by atoms with Crippen molar-refractivity contribution < 1.29 is 0 Å². The Hall–Kier alpha value is -0.830. The number of fused-ring (bicyclic) bond motifs is 1. The van der Waals surface area contributed by atoms with Crippen molar-refractivity contribution in [3.63, 3.8) is 0 Å². The maximum atomic E-state index is 4.89. The van der Waals surface area contributed by atoms with E-state index in [1.165, 1.54) is 56.5 Å². The van der Waals surface area contributed by atoms with Gasteiger partial charge in [0.2, 0.25) is 0 Å². The molecule has 1 aromatic rings. The molecule has 0 aromatic carbocycles. The highest BCUT2D eigenvalue weighted by molar-refractivity contribution is 5.22. The fourth-order valence-corrected chi connectivity index (χ4v) is 4.49. The lowest BCUT2D eigenvalue weighted by Crippen LogP contribution is -2.43. The van der Waals surface area contributed by atoms with Gasteiger partial charge in [0.15, 0.2) is 0 Å². The minimum Gasteiger partial charge on any atom is -0.327 e. The van der Waals surface area contributed by atoms with Gasteiger partial charge in [-0.05, 0) is 63.8 Å². The minimum atomic E-state index is 0.387. The lowest BCUT2D eigenvalue weighted by molar-refractivity contribution is 0.245. The average molecular weight is 289 g/mol. The summed E-state index contributed by atoms with van der Waals surface area (Å²) in [4.78, 5) is 4.89. The summed E-state index contributed by atoms with van der Waals surface area (Å²) in [5.74, 6) is 1.24. The Bertz CT molecular complexity index is 501. The van der Waals surface area contributed by atoms with Gasteiger partial charge in [-0.25, -0.2) is 4.98 Å². The highest BCUT2D eigenvalue weighted by atomic mass is 15.2. The molecule has 3 nitrogen and oxygen atoms in total. The molecule has 1 N–H and O–H groups in total.